The van der Waals surface area contributed by atoms with E-state index in [1.165, 1.54) is 18.1 Å². The molecule has 1 aliphatic rings. The molecule has 0 saturated heterocycles. The number of aromatic nitrogens is 2. The number of nitrogens with one attached hydrogen (secondary N) is 1. The van der Waals surface area contributed by atoms with Gasteiger partial charge in [0.05, 0.1) is 11.4 Å². The lowest BCUT2D eigenvalue weighted by molar-refractivity contribution is -0.114. The second-order valence-electron chi connectivity index (χ2n) is 7.06. The Bertz CT molecular complexity index is 1040. The van der Waals surface area contributed by atoms with Crippen LogP contribution in [0.2, 0.25) is 0 Å². The van der Waals surface area contributed by atoms with Gasteiger partial charge in [0.2, 0.25) is 5.91 Å². The SMILES string of the molecule is CC(=O)Nc1cc(C)nn1-c1ccc(C(=O)N2CCc3ccccc3C2)cc1. The van der Waals surface area contributed by atoms with Crippen LogP contribution in [-0.4, -0.2) is 33.0 Å². The molecule has 2 aromatic carbocycles. The molecular weight excluding hydrogens is 352 g/mol. The highest BCUT2D eigenvalue weighted by atomic mass is 16.2. The van der Waals surface area contributed by atoms with Gasteiger partial charge < -0.3 is 10.2 Å². The smallest absolute Gasteiger partial charge is 0.254 e. The highest BCUT2D eigenvalue weighted by Gasteiger charge is 2.21. The second-order valence-corrected chi connectivity index (χ2v) is 7.06. The summed E-state index contributed by atoms with van der Waals surface area (Å²) in [5.74, 6) is 0.481. The van der Waals surface area contributed by atoms with E-state index in [4.69, 9.17) is 0 Å². The number of anilines is 1. The molecule has 0 atom stereocenters. The Morgan fingerprint density at radius 2 is 1.75 bits per heavy atom. The van der Waals surface area contributed by atoms with Gasteiger partial charge in [0.25, 0.3) is 5.91 Å². The summed E-state index contributed by atoms with van der Waals surface area (Å²) >= 11 is 0. The van der Waals surface area contributed by atoms with Gasteiger partial charge in [-0.25, -0.2) is 4.68 Å². The molecular formula is C22H22N4O2. The second kappa shape index (κ2) is 7.31. The van der Waals surface area contributed by atoms with Crippen LogP contribution >= 0.6 is 0 Å². The fraction of sp³-hybridized carbons (Fsp3) is 0.227. The fourth-order valence-corrected chi connectivity index (χ4v) is 3.56. The van der Waals surface area contributed by atoms with E-state index < -0.39 is 0 Å². The monoisotopic (exact) mass is 374 g/mol. The van der Waals surface area contributed by atoms with Crippen molar-refractivity contribution >= 4 is 17.6 Å². The van der Waals surface area contributed by atoms with Gasteiger partial charge in [-0.05, 0) is 48.7 Å². The molecule has 0 fully saturated rings. The number of rotatable bonds is 3. The van der Waals surface area contributed by atoms with Crippen LogP contribution in [-0.2, 0) is 17.8 Å². The summed E-state index contributed by atoms with van der Waals surface area (Å²) in [7, 11) is 0. The summed E-state index contributed by atoms with van der Waals surface area (Å²) < 4.78 is 1.67. The van der Waals surface area contributed by atoms with E-state index in [0.29, 0.717) is 17.9 Å². The number of nitrogens with zero attached hydrogens (tertiary/aromatic N) is 3. The van der Waals surface area contributed by atoms with E-state index in [0.717, 1.165) is 24.3 Å². The van der Waals surface area contributed by atoms with Crippen LogP contribution < -0.4 is 5.32 Å². The predicted molar refractivity (Wildman–Crippen MR) is 107 cm³/mol. The molecule has 0 bridgehead atoms. The Labute approximate surface area is 163 Å². The first-order chi connectivity index (χ1) is 13.5. The summed E-state index contributed by atoms with van der Waals surface area (Å²) in [6.07, 6.45) is 0.882. The highest BCUT2D eigenvalue weighted by molar-refractivity contribution is 5.94. The van der Waals surface area contributed by atoms with Crippen molar-refractivity contribution in [1.82, 2.24) is 14.7 Å². The van der Waals surface area contributed by atoms with Gasteiger partial charge in [-0.15, -0.1) is 0 Å². The molecule has 4 rings (SSSR count). The van der Waals surface area contributed by atoms with Crippen LogP contribution in [0.4, 0.5) is 5.82 Å². The van der Waals surface area contributed by atoms with E-state index >= 15 is 0 Å². The normalized spacial score (nSPS) is 13.1. The summed E-state index contributed by atoms with van der Waals surface area (Å²) in [5, 5.41) is 7.21. The zero-order valence-electron chi connectivity index (χ0n) is 16.0. The largest absolute Gasteiger partial charge is 0.334 e. The topological polar surface area (TPSA) is 67.2 Å². The molecule has 6 heteroatoms. The van der Waals surface area contributed by atoms with Crippen molar-refractivity contribution < 1.29 is 9.59 Å². The molecule has 1 aromatic heterocycles. The number of carbonyl (C=O) groups excluding carboxylic acids is 2. The number of amides is 2. The number of aryl methyl sites for hydroxylation is 1. The lowest BCUT2D eigenvalue weighted by atomic mass is 9.99. The first-order valence-electron chi connectivity index (χ1n) is 9.32. The fourth-order valence-electron chi connectivity index (χ4n) is 3.56. The van der Waals surface area contributed by atoms with Gasteiger partial charge in [-0.1, -0.05) is 24.3 Å². The minimum Gasteiger partial charge on any atom is -0.334 e. The van der Waals surface area contributed by atoms with Crippen LogP contribution in [0.1, 0.15) is 34.1 Å². The van der Waals surface area contributed by atoms with Gasteiger partial charge in [0, 0.05) is 31.6 Å². The molecule has 1 N–H and O–H groups in total. The standard InChI is InChI=1S/C22H22N4O2/c1-15-13-21(23-16(2)27)26(24-15)20-9-7-18(8-10-20)22(28)25-12-11-17-5-3-4-6-19(17)14-25/h3-10,13H,11-12,14H2,1-2H3,(H,23,27). The molecule has 0 aliphatic carbocycles. The number of carbonyl (C=O) groups is 2. The minimum absolute atomic E-state index is 0.0276. The van der Waals surface area contributed by atoms with Crippen molar-refractivity contribution in [2.24, 2.45) is 0 Å². The van der Waals surface area contributed by atoms with E-state index in [2.05, 4.69) is 22.5 Å². The van der Waals surface area contributed by atoms with Gasteiger partial charge >= 0.3 is 0 Å². The van der Waals surface area contributed by atoms with Crippen LogP contribution in [0.15, 0.2) is 54.6 Å². The van der Waals surface area contributed by atoms with Crippen molar-refractivity contribution in [1.29, 1.82) is 0 Å². The summed E-state index contributed by atoms with van der Waals surface area (Å²) in [6.45, 7) is 4.70. The predicted octanol–water partition coefficient (Wildman–Crippen LogP) is 3.34. The summed E-state index contributed by atoms with van der Waals surface area (Å²) in [5.41, 5.74) is 4.77. The average molecular weight is 374 g/mol. The quantitative estimate of drug-likeness (QED) is 0.765. The van der Waals surface area contributed by atoms with Gasteiger partial charge in [-0.2, -0.15) is 5.10 Å². The van der Waals surface area contributed by atoms with E-state index in [9.17, 15) is 9.59 Å². The van der Waals surface area contributed by atoms with Crippen molar-refractivity contribution in [2.45, 2.75) is 26.8 Å². The Morgan fingerprint density at radius 1 is 1.04 bits per heavy atom. The zero-order valence-corrected chi connectivity index (χ0v) is 16.0. The van der Waals surface area contributed by atoms with E-state index in [-0.39, 0.29) is 11.8 Å². The third-order valence-electron chi connectivity index (χ3n) is 4.91. The third kappa shape index (κ3) is 3.53. The number of hydrogen-bond acceptors (Lipinski definition) is 3. The minimum atomic E-state index is -0.154. The maximum Gasteiger partial charge on any atom is 0.254 e. The average Bonchev–Trinajstić information content (AvgIpc) is 3.06. The van der Waals surface area contributed by atoms with Gasteiger partial charge in [-0.3, -0.25) is 9.59 Å². The lowest BCUT2D eigenvalue weighted by Crippen LogP contribution is -2.35. The molecule has 142 valence electrons. The van der Waals surface area contributed by atoms with Gasteiger partial charge in [0.15, 0.2) is 0 Å². The van der Waals surface area contributed by atoms with Crippen LogP contribution in [0.25, 0.3) is 5.69 Å². The van der Waals surface area contributed by atoms with Crippen molar-refractivity contribution in [2.75, 3.05) is 11.9 Å². The number of hydrogen-bond donors (Lipinski definition) is 1. The number of benzene rings is 2. The Kier molecular flexibility index (Phi) is 4.69. The van der Waals surface area contributed by atoms with Crippen molar-refractivity contribution in [3.8, 4) is 5.69 Å². The molecule has 28 heavy (non-hydrogen) atoms. The van der Waals surface area contributed by atoms with Gasteiger partial charge in [0.1, 0.15) is 5.82 Å². The molecule has 6 nitrogen and oxygen atoms in total. The zero-order chi connectivity index (χ0) is 19.7. The first kappa shape index (κ1) is 18.0. The summed E-state index contributed by atoms with van der Waals surface area (Å²) in [4.78, 5) is 26.2. The molecule has 0 unspecified atom stereocenters. The molecule has 2 amide bonds. The highest BCUT2D eigenvalue weighted by Crippen LogP contribution is 2.22. The molecule has 0 radical (unpaired) electrons. The maximum atomic E-state index is 12.9. The molecule has 2 heterocycles. The van der Waals surface area contributed by atoms with Crippen molar-refractivity contribution in [3.63, 3.8) is 0 Å². The Balaban J connectivity index is 1.54. The Morgan fingerprint density at radius 3 is 2.46 bits per heavy atom. The lowest BCUT2D eigenvalue weighted by Gasteiger charge is -2.29. The number of fused-ring (bicyclic) bond motifs is 1. The maximum absolute atomic E-state index is 12.9. The molecule has 3 aromatic rings. The third-order valence-corrected chi connectivity index (χ3v) is 4.91. The van der Waals surface area contributed by atoms with E-state index in [1.54, 1.807) is 4.68 Å². The van der Waals surface area contributed by atoms with Crippen LogP contribution in [0, 0.1) is 6.92 Å². The van der Waals surface area contributed by atoms with Crippen LogP contribution in [0.3, 0.4) is 0 Å². The molecule has 0 spiro atoms. The molecule has 0 saturated carbocycles. The first-order valence-corrected chi connectivity index (χ1v) is 9.32. The Hall–Kier alpha value is -3.41. The van der Waals surface area contributed by atoms with E-state index in [1.807, 2.05) is 54.3 Å². The molecule has 1 aliphatic heterocycles. The van der Waals surface area contributed by atoms with Crippen molar-refractivity contribution in [3.05, 3.63) is 77.0 Å². The van der Waals surface area contributed by atoms with Crippen LogP contribution in [0.5, 0.6) is 0 Å². The summed E-state index contributed by atoms with van der Waals surface area (Å²) in [6, 6.07) is 17.4.